The number of aliphatic hydroxyl groups is 1. The maximum Gasteiger partial charge on any atom is 0.393 e. The zero-order chi connectivity index (χ0) is 13.2. The molecule has 0 aromatic heterocycles. The number of nitrogens with zero attached hydrogens (tertiary/aromatic N) is 1. The average Bonchev–Trinajstić information content (AvgIpc) is 2.70. The number of amides is 1. The van der Waals surface area contributed by atoms with E-state index in [-0.39, 0.29) is 6.54 Å². The van der Waals surface area contributed by atoms with Gasteiger partial charge in [-0.15, -0.1) is 11.6 Å². The number of likely N-dealkylation sites (tertiary alicyclic amines) is 1. The summed E-state index contributed by atoms with van der Waals surface area (Å²) in [4.78, 5) is 12.8. The molecule has 3 nitrogen and oxygen atoms in total. The highest BCUT2D eigenvalue weighted by atomic mass is 35.5. The molecule has 0 bridgehead atoms. The second-order valence-corrected chi connectivity index (χ2v) is 4.74. The second kappa shape index (κ2) is 5.44. The lowest BCUT2D eigenvalue weighted by Gasteiger charge is -2.20. The summed E-state index contributed by atoms with van der Waals surface area (Å²) in [6, 6.07) is 0. The van der Waals surface area contributed by atoms with Crippen molar-refractivity contribution in [3.05, 3.63) is 0 Å². The van der Waals surface area contributed by atoms with Gasteiger partial charge in [-0.2, -0.15) is 13.2 Å². The topological polar surface area (TPSA) is 40.5 Å². The van der Waals surface area contributed by atoms with Crippen LogP contribution in [0.15, 0.2) is 0 Å². The molecule has 0 radical (unpaired) electrons. The van der Waals surface area contributed by atoms with Crippen molar-refractivity contribution in [2.75, 3.05) is 19.7 Å². The lowest BCUT2D eigenvalue weighted by molar-refractivity contribution is -0.183. The predicted octanol–water partition coefficient (Wildman–Crippen LogP) is 1.63. The van der Waals surface area contributed by atoms with Gasteiger partial charge in [0.1, 0.15) is 5.38 Å². The van der Waals surface area contributed by atoms with Crippen LogP contribution in [-0.2, 0) is 4.79 Å². The zero-order valence-corrected chi connectivity index (χ0v) is 10.1. The summed E-state index contributed by atoms with van der Waals surface area (Å²) in [5, 5.41) is 8.13. The van der Waals surface area contributed by atoms with Gasteiger partial charge in [-0.05, 0) is 6.42 Å². The molecular formula is C10H15ClF3NO2. The molecular weight excluding hydrogens is 259 g/mol. The van der Waals surface area contributed by atoms with E-state index < -0.39 is 42.4 Å². The quantitative estimate of drug-likeness (QED) is 0.794. The van der Waals surface area contributed by atoms with Gasteiger partial charge in [0.05, 0.1) is 5.92 Å². The normalized spacial score (nSPS) is 27.3. The molecule has 0 aromatic rings. The van der Waals surface area contributed by atoms with Crippen LogP contribution in [0.25, 0.3) is 0 Å². The number of carbonyl (C=O) groups excluding carboxylic acids is 1. The van der Waals surface area contributed by atoms with Crippen molar-refractivity contribution in [3.8, 4) is 0 Å². The average molecular weight is 274 g/mol. The highest BCUT2D eigenvalue weighted by Gasteiger charge is 2.50. The van der Waals surface area contributed by atoms with Crippen LogP contribution in [0.1, 0.15) is 13.3 Å². The molecule has 0 aliphatic carbocycles. The molecule has 7 heteroatoms. The standard InChI is InChI=1S/C10H15ClF3NO2/c1-2-8(11)9(17)15-3-6(5-16)7(4-15)10(12,13)14/h6-8,16H,2-5H2,1H3. The van der Waals surface area contributed by atoms with Crippen molar-refractivity contribution in [2.24, 2.45) is 11.8 Å². The Balaban J connectivity index is 2.73. The maximum atomic E-state index is 12.6. The lowest BCUT2D eigenvalue weighted by atomic mass is 9.97. The van der Waals surface area contributed by atoms with E-state index in [0.717, 1.165) is 4.90 Å². The van der Waals surface area contributed by atoms with Crippen molar-refractivity contribution < 1.29 is 23.1 Å². The number of rotatable bonds is 3. The summed E-state index contributed by atoms with van der Waals surface area (Å²) in [6.07, 6.45) is -4.02. The van der Waals surface area contributed by atoms with E-state index in [4.69, 9.17) is 16.7 Å². The van der Waals surface area contributed by atoms with E-state index in [1.807, 2.05) is 0 Å². The Morgan fingerprint density at radius 1 is 1.53 bits per heavy atom. The van der Waals surface area contributed by atoms with E-state index in [0.29, 0.717) is 6.42 Å². The molecule has 1 rings (SSSR count). The molecule has 1 fully saturated rings. The summed E-state index contributed by atoms with van der Waals surface area (Å²) in [6.45, 7) is 0.628. The van der Waals surface area contributed by atoms with Crippen LogP contribution >= 0.6 is 11.6 Å². The molecule has 1 aliphatic rings. The number of aliphatic hydroxyl groups excluding tert-OH is 1. The monoisotopic (exact) mass is 273 g/mol. The van der Waals surface area contributed by atoms with Crippen LogP contribution in [0.4, 0.5) is 13.2 Å². The molecule has 1 aliphatic heterocycles. The molecule has 3 atom stereocenters. The summed E-state index contributed by atoms with van der Waals surface area (Å²) in [5.74, 6) is -3.09. The van der Waals surface area contributed by atoms with Gasteiger partial charge in [0.2, 0.25) is 5.91 Å². The minimum atomic E-state index is -4.39. The third-order valence-electron chi connectivity index (χ3n) is 3.03. The Morgan fingerprint density at radius 2 is 2.12 bits per heavy atom. The molecule has 3 unspecified atom stereocenters. The largest absolute Gasteiger partial charge is 0.396 e. The van der Waals surface area contributed by atoms with Crippen molar-refractivity contribution >= 4 is 17.5 Å². The first kappa shape index (κ1) is 14.6. The van der Waals surface area contributed by atoms with Crippen molar-refractivity contribution in [1.82, 2.24) is 4.90 Å². The Hall–Kier alpha value is -0.490. The van der Waals surface area contributed by atoms with Gasteiger partial charge >= 0.3 is 6.18 Å². The molecule has 1 heterocycles. The number of hydrogen-bond donors (Lipinski definition) is 1. The first-order chi connectivity index (χ1) is 7.81. The fraction of sp³-hybridized carbons (Fsp3) is 0.900. The van der Waals surface area contributed by atoms with Gasteiger partial charge in [0, 0.05) is 25.6 Å². The van der Waals surface area contributed by atoms with Gasteiger partial charge in [-0.3, -0.25) is 4.79 Å². The molecule has 0 saturated carbocycles. The van der Waals surface area contributed by atoms with Crippen molar-refractivity contribution in [2.45, 2.75) is 24.9 Å². The fourth-order valence-electron chi connectivity index (χ4n) is 1.98. The third-order valence-corrected chi connectivity index (χ3v) is 3.53. The molecule has 1 N–H and O–H groups in total. The number of alkyl halides is 4. The Morgan fingerprint density at radius 3 is 2.47 bits per heavy atom. The highest BCUT2D eigenvalue weighted by Crippen LogP contribution is 2.37. The summed E-state index contributed by atoms with van der Waals surface area (Å²) >= 11 is 5.71. The number of hydrogen-bond acceptors (Lipinski definition) is 2. The minimum absolute atomic E-state index is 0.0806. The van der Waals surface area contributed by atoms with Crippen LogP contribution in [0, 0.1) is 11.8 Å². The van der Waals surface area contributed by atoms with Gasteiger partial charge < -0.3 is 10.0 Å². The smallest absolute Gasteiger partial charge is 0.393 e. The lowest BCUT2D eigenvalue weighted by Crippen LogP contribution is -2.36. The van der Waals surface area contributed by atoms with Crippen LogP contribution in [0.2, 0.25) is 0 Å². The van der Waals surface area contributed by atoms with E-state index in [9.17, 15) is 18.0 Å². The van der Waals surface area contributed by atoms with Crippen LogP contribution in [-0.4, -0.2) is 47.2 Å². The second-order valence-electron chi connectivity index (χ2n) is 4.21. The highest BCUT2D eigenvalue weighted by molar-refractivity contribution is 6.30. The number of carbonyl (C=O) groups is 1. The molecule has 1 amide bonds. The first-order valence-corrected chi connectivity index (χ1v) is 5.85. The summed E-state index contributed by atoms with van der Waals surface area (Å²) in [5.41, 5.74) is 0. The molecule has 100 valence electrons. The van der Waals surface area contributed by atoms with E-state index in [2.05, 4.69) is 0 Å². The third kappa shape index (κ3) is 3.25. The first-order valence-electron chi connectivity index (χ1n) is 5.41. The predicted molar refractivity (Wildman–Crippen MR) is 56.6 cm³/mol. The van der Waals surface area contributed by atoms with Crippen LogP contribution in [0.3, 0.4) is 0 Å². The summed E-state index contributed by atoms with van der Waals surface area (Å²) in [7, 11) is 0. The van der Waals surface area contributed by atoms with E-state index in [1.165, 1.54) is 0 Å². The Labute approximate surface area is 103 Å². The molecule has 1 saturated heterocycles. The molecule has 0 aromatic carbocycles. The molecule has 0 spiro atoms. The fourth-order valence-corrected chi connectivity index (χ4v) is 2.12. The maximum absolute atomic E-state index is 12.6. The van der Waals surface area contributed by atoms with Gasteiger partial charge in [-0.25, -0.2) is 0 Å². The van der Waals surface area contributed by atoms with Crippen LogP contribution in [0.5, 0.6) is 0 Å². The van der Waals surface area contributed by atoms with E-state index in [1.54, 1.807) is 6.92 Å². The van der Waals surface area contributed by atoms with Gasteiger partial charge in [-0.1, -0.05) is 6.92 Å². The number of halogens is 4. The SMILES string of the molecule is CCC(Cl)C(=O)N1CC(CO)C(C(F)(F)F)C1. The summed E-state index contributed by atoms with van der Waals surface area (Å²) < 4.78 is 37.9. The van der Waals surface area contributed by atoms with Crippen molar-refractivity contribution in [3.63, 3.8) is 0 Å². The van der Waals surface area contributed by atoms with Crippen LogP contribution < -0.4 is 0 Å². The Kier molecular flexibility index (Phi) is 4.66. The Bertz CT molecular complexity index is 285. The minimum Gasteiger partial charge on any atom is -0.396 e. The molecule has 17 heavy (non-hydrogen) atoms. The van der Waals surface area contributed by atoms with Gasteiger partial charge in [0.15, 0.2) is 0 Å². The van der Waals surface area contributed by atoms with Gasteiger partial charge in [0.25, 0.3) is 0 Å². The van der Waals surface area contributed by atoms with Crippen molar-refractivity contribution in [1.29, 1.82) is 0 Å². The zero-order valence-electron chi connectivity index (χ0n) is 9.38. The van der Waals surface area contributed by atoms with E-state index >= 15 is 0 Å².